The van der Waals surface area contributed by atoms with Gasteiger partial charge in [0.05, 0.1) is 6.54 Å². The van der Waals surface area contributed by atoms with Crippen LogP contribution in [0.4, 0.5) is 17.6 Å². The Hall–Kier alpha value is -2.67. The lowest BCUT2D eigenvalue weighted by molar-refractivity contribution is -0.117. The predicted octanol–water partition coefficient (Wildman–Crippen LogP) is 2.61. The molecule has 3 heterocycles. The van der Waals surface area contributed by atoms with Gasteiger partial charge in [0.1, 0.15) is 11.6 Å². The number of aromatic nitrogens is 2. The maximum Gasteiger partial charge on any atom is 0.226 e. The molecule has 1 saturated carbocycles. The molecule has 0 spiro atoms. The molecule has 1 saturated heterocycles. The molecule has 3 N–H and O–H groups in total. The first kappa shape index (κ1) is 19.3. The average molecular weight is 407 g/mol. The molecule has 0 radical (unpaired) electrons. The second-order valence-corrected chi connectivity index (χ2v) is 8.93. The van der Waals surface area contributed by atoms with Crippen LogP contribution < -0.4 is 16.0 Å². The standard InChI is InChI=1S/C23H30N6O/c24-21-20-11-19(30)15-29(22(20)27-23(26-21)25-12-16-6-7-16)14-18-5-3-4-17(10-18)13-28-8-1-2-9-28/h3-5,10,16H,1-2,6-9,11-15H2,(H3,24,25,26,27). The van der Waals surface area contributed by atoms with Gasteiger partial charge in [0.2, 0.25) is 5.95 Å². The van der Waals surface area contributed by atoms with Crippen molar-refractivity contribution >= 4 is 23.4 Å². The normalized spacial score (nSPS) is 19.2. The summed E-state index contributed by atoms with van der Waals surface area (Å²) in [7, 11) is 0. The van der Waals surface area contributed by atoms with Crippen molar-refractivity contribution in [3.8, 4) is 0 Å². The first-order chi connectivity index (χ1) is 14.6. The van der Waals surface area contributed by atoms with Gasteiger partial charge in [0, 0.05) is 31.6 Å². The highest BCUT2D eigenvalue weighted by Gasteiger charge is 2.28. The largest absolute Gasteiger partial charge is 0.383 e. The Balaban J connectivity index is 1.36. The molecule has 2 fully saturated rings. The lowest BCUT2D eigenvalue weighted by atomic mass is 10.0. The molecule has 2 aromatic rings. The predicted molar refractivity (Wildman–Crippen MR) is 118 cm³/mol. The van der Waals surface area contributed by atoms with Crippen molar-refractivity contribution < 1.29 is 4.79 Å². The lowest BCUT2D eigenvalue weighted by Crippen LogP contribution is -2.37. The van der Waals surface area contributed by atoms with Gasteiger partial charge in [-0.2, -0.15) is 9.97 Å². The molecule has 0 atom stereocenters. The summed E-state index contributed by atoms with van der Waals surface area (Å²) in [4.78, 5) is 26.1. The maximum atomic E-state index is 12.4. The van der Waals surface area contributed by atoms with Crippen LogP contribution in [0.2, 0.25) is 0 Å². The summed E-state index contributed by atoms with van der Waals surface area (Å²) in [6, 6.07) is 8.69. The Morgan fingerprint density at radius 3 is 2.63 bits per heavy atom. The van der Waals surface area contributed by atoms with Crippen LogP contribution in [0, 0.1) is 5.92 Å². The van der Waals surface area contributed by atoms with Gasteiger partial charge in [0.15, 0.2) is 5.78 Å². The second kappa shape index (κ2) is 8.22. The van der Waals surface area contributed by atoms with Crippen LogP contribution in [-0.4, -0.2) is 46.8 Å². The van der Waals surface area contributed by atoms with Gasteiger partial charge in [-0.3, -0.25) is 9.69 Å². The summed E-state index contributed by atoms with van der Waals surface area (Å²) in [6.45, 7) is 5.26. The third kappa shape index (κ3) is 4.41. The van der Waals surface area contributed by atoms with E-state index in [-0.39, 0.29) is 5.78 Å². The van der Waals surface area contributed by atoms with E-state index >= 15 is 0 Å². The molecule has 30 heavy (non-hydrogen) atoms. The molecule has 1 aliphatic carbocycles. The lowest BCUT2D eigenvalue weighted by Gasteiger charge is -2.30. The number of ketones is 1. The highest BCUT2D eigenvalue weighted by atomic mass is 16.1. The second-order valence-electron chi connectivity index (χ2n) is 8.93. The molecule has 0 unspecified atom stereocenters. The van der Waals surface area contributed by atoms with Gasteiger partial charge >= 0.3 is 0 Å². The molecule has 2 aliphatic heterocycles. The fourth-order valence-electron chi connectivity index (χ4n) is 4.47. The summed E-state index contributed by atoms with van der Waals surface area (Å²) >= 11 is 0. The van der Waals surface area contributed by atoms with Crippen molar-refractivity contribution in [1.29, 1.82) is 0 Å². The number of benzene rings is 1. The van der Waals surface area contributed by atoms with E-state index in [1.807, 2.05) is 0 Å². The Morgan fingerprint density at radius 1 is 1.10 bits per heavy atom. The topological polar surface area (TPSA) is 87.4 Å². The zero-order valence-electron chi connectivity index (χ0n) is 17.4. The Labute approximate surface area is 177 Å². The van der Waals surface area contributed by atoms with Crippen LogP contribution in [0.5, 0.6) is 0 Å². The van der Waals surface area contributed by atoms with E-state index < -0.39 is 0 Å². The summed E-state index contributed by atoms with van der Waals surface area (Å²) in [6.07, 6.45) is 5.44. The van der Waals surface area contributed by atoms with Gasteiger partial charge < -0.3 is 16.0 Å². The number of nitrogens with one attached hydrogen (secondary N) is 1. The third-order valence-corrected chi connectivity index (χ3v) is 6.27. The van der Waals surface area contributed by atoms with Crippen molar-refractivity contribution in [1.82, 2.24) is 14.9 Å². The maximum absolute atomic E-state index is 12.4. The number of fused-ring (bicyclic) bond motifs is 1. The van der Waals surface area contributed by atoms with E-state index in [2.05, 4.69) is 44.4 Å². The van der Waals surface area contributed by atoms with Crippen molar-refractivity contribution in [2.75, 3.05) is 42.1 Å². The first-order valence-electron chi connectivity index (χ1n) is 11.1. The van der Waals surface area contributed by atoms with Crippen LogP contribution in [0.1, 0.15) is 42.4 Å². The highest BCUT2D eigenvalue weighted by molar-refractivity contribution is 5.91. The van der Waals surface area contributed by atoms with E-state index in [0.29, 0.717) is 31.3 Å². The number of nitrogens with zero attached hydrogens (tertiary/aromatic N) is 4. The fraction of sp³-hybridized carbons (Fsp3) is 0.522. The van der Waals surface area contributed by atoms with E-state index in [9.17, 15) is 4.79 Å². The monoisotopic (exact) mass is 406 g/mol. The molecule has 1 aromatic heterocycles. The minimum atomic E-state index is 0.157. The zero-order chi connectivity index (χ0) is 20.5. The highest BCUT2D eigenvalue weighted by Crippen LogP contribution is 2.32. The van der Waals surface area contributed by atoms with Crippen LogP contribution in [0.15, 0.2) is 24.3 Å². The number of Topliss-reactive ketones (excluding diaryl/α,β-unsaturated/α-hetero) is 1. The number of hydrogen-bond acceptors (Lipinski definition) is 7. The van der Waals surface area contributed by atoms with Gasteiger partial charge in [0.25, 0.3) is 0 Å². The molecule has 0 amide bonds. The molecule has 0 bridgehead atoms. The molecule has 5 rings (SSSR count). The van der Waals surface area contributed by atoms with Crippen molar-refractivity contribution in [3.63, 3.8) is 0 Å². The van der Waals surface area contributed by atoms with Gasteiger partial charge in [-0.1, -0.05) is 24.3 Å². The van der Waals surface area contributed by atoms with Crippen LogP contribution in [0.3, 0.4) is 0 Å². The Kier molecular flexibility index (Phi) is 5.29. The Bertz CT molecular complexity index is 935. The minimum Gasteiger partial charge on any atom is -0.383 e. The van der Waals surface area contributed by atoms with Crippen LogP contribution in [0.25, 0.3) is 0 Å². The van der Waals surface area contributed by atoms with Gasteiger partial charge in [-0.05, 0) is 55.8 Å². The zero-order valence-corrected chi connectivity index (χ0v) is 17.4. The van der Waals surface area contributed by atoms with E-state index in [4.69, 9.17) is 10.7 Å². The number of nitrogens with two attached hydrogens (primary N) is 1. The van der Waals surface area contributed by atoms with Crippen molar-refractivity contribution in [3.05, 3.63) is 41.0 Å². The number of anilines is 3. The van der Waals surface area contributed by atoms with E-state index in [1.165, 1.54) is 49.9 Å². The van der Waals surface area contributed by atoms with Crippen LogP contribution in [-0.2, 0) is 24.3 Å². The summed E-state index contributed by atoms with van der Waals surface area (Å²) < 4.78 is 0. The van der Waals surface area contributed by atoms with E-state index in [1.54, 1.807) is 0 Å². The smallest absolute Gasteiger partial charge is 0.226 e. The summed E-state index contributed by atoms with van der Waals surface area (Å²) in [5.74, 6) is 2.66. The van der Waals surface area contributed by atoms with Crippen molar-refractivity contribution in [2.45, 2.75) is 45.2 Å². The SMILES string of the molecule is Nc1nc(NCC2CC2)nc2c1CC(=O)CN2Cc1cccc(CN2CCCC2)c1. The third-order valence-electron chi connectivity index (χ3n) is 6.27. The number of carbonyl (C=O) groups is 1. The van der Waals surface area contributed by atoms with Crippen LogP contribution >= 0.6 is 0 Å². The Morgan fingerprint density at radius 2 is 1.87 bits per heavy atom. The molecule has 3 aliphatic rings. The molecule has 1 aromatic carbocycles. The molecule has 7 nitrogen and oxygen atoms in total. The summed E-state index contributed by atoms with van der Waals surface area (Å²) in [5, 5.41) is 3.32. The summed E-state index contributed by atoms with van der Waals surface area (Å²) in [5.41, 5.74) is 9.50. The molecule has 7 heteroatoms. The molecular weight excluding hydrogens is 376 g/mol. The quantitative estimate of drug-likeness (QED) is 0.731. The fourth-order valence-corrected chi connectivity index (χ4v) is 4.47. The van der Waals surface area contributed by atoms with E-state index in [0.717, 1.165) is 30.4 Å². The van der Waals surface area contributed by atoms with Crippen molar-refractivity contribution in [2.24, 2.45) is 5.92 Å². The van der Waals surface area contributed by atoms with Gasteiger partial charge in [-0.15, -0.1) is 0 Å². The average Bonchev–Trinajstić information content (AvgIpc) is 3.42. The molecular formula is C23H30N6O. The number of hydrogen-bond donors (Lipinski definition) is 2. The first-order valence-corrected chi connectivity index (χ1v) is 11.1. The number of nitrogen functional groups attached to an aromatic ring is 1. The number of likely N-dealkylation sites (tertiary alicyclic amines) is 1. The van der Waals surface area contributed by atoms with Gasteiger partial charge in [-0.25, -0.2) is 0 Å². The number of carbonyl (C=O) groups excluding carboxylic acids is 1. The molecule has 158 valence electrons. The number of rotatable bonds is 7. The minimum absolute atomic E-state index is 0.157.